The SMILES string of the molecule is CC(OC(=O)c1cc2c(s1)CCCCC2)C(=O)NC1CCCC1. The fraction of sp³-hybridized carbons (Fsp3) is 0.667. The molecule has 1 heterocycles. The van der Waals surface area contributed by atoms with Gasteiger partial charge in [0.15, 0.2) is 6.10 Å². The summed E-state index contributed by atoms with van der Waals surface area (Å²) in [5, 5.41) is 2.98. The van der Waals surface area contributed by atoms with Crippen molar-refractivity contribution in [3.05, 3.63) is 21.4 Å². The van der Waals surface area contributed by atoms with Crippen LogP contribution in [0, 0.1) is 0 Å². The molecule has 1 fully saturated rings. The van der Waals surface area contributed by atoms with E-state index < -0.39 is 6.10 Å². The number of hydrogen-bond donors (Lipinski definition) is 1. The van der Waals surface area contributed by atoms with Crippen molar-refractivity contribution in [2.45, 2.75) is 76.9 Å². The van der Waals surface area contributed by atoms with E-state index in [1.54, 1.807) is 6.92 Å². The van der Waals surface area contributed by atoms with E-state index in [9.17, 15) is 9.59 Å². The van der Waals surface area contributed by atoms with Gasteiger partial charge in [-0.1, -0.05) is 19.3 Å². The Morgan fingerprint density at radius 2 is 1.91 bits per heavy atom. The first-order valence-corrected chi connectivity index (χ1v) is 9.58. The Morgan fingerprint density at radius 3 is 2.70 bits per heavy atom. The molecule has 0 radical (unpaired) electrons. The van der Waals surface area contributed by atoms with Crippen LogP contribution in [-0.4, -0.2) is 24.0 Å². The second kappa shape index (κ2) is 7.47. The molecule has 1 aromatic heterocycles. The number of hydrogen-bond acceptors (Lipinski definition) is 4. The topological polar surface area (TPSA) is 55.4 Å². The quantitative estimate of drug-likeness (QED) is 0.675. The average molecular weight is 335 g/mol. The van der Waals surface area contributed by atoms with Gasteiger partial charge in [-0.05, 0) is 57.1 Å². The summed E-state index contributed by atoms with van der Waals surface area (Å²) in [5.74, 6) is -0.541. The predicted octanol–water partition coefficient (Wildman–Crippen LogP) is 3.62. The molecule has 1 unspecified atom stereocenters. The number of amides is 1. The minimum absolute atomic E-state index is 0.177. The van der Waals surface area contributed by atoms with Crippen LogP contribution in [0.1, 0.15) is 72.0 Å². The molecular weight excluding hydrogens is 310 g/mol. The second-order valence-corrected chi connectivity index (χ2v) is 7.79. The van der Waals surface area contributed by atoms with Gasteiger partial charge in [0.1, 0.15) is 4.88 Å². The molecule has 5 heteroatoms. The fourth-order valence-corrected chi connectivity index (χ4v) is 4.57. The van der Waals surface area contributed by atoms with E-state index in [4.69, 9.17) is 4.74 Å². The van der Waals surface area contributed by atoms with Gasteiger partial charge in [-0.25, -0.2) is 4.79 Å². The molecule has 126 valence electrons. The third-order valence-corrected chi connectivity index (χ3v) is 6.02. The van der Waals surface area contributed by atoms with E-state index in [1.807, 2.05) is 6.07 Å². The van der Waals surface area contributed by atoms with Gasteiger partial charge in [-0.3, -0.25) is 4.79 Å². The van der Waals surface area contributed by atoms with Crippen LogP contribution >= 0.6 is 11.3 Å². The van der Waals surface area contributed by atoms with Gasteiger partial charge in [0.05, 0.1) is 0 Å². The lowest BCUT2D eigenvalue weighted by Crippen LogP contribution is -2.40. The molecule has 1 aromatic rings. The monoisotopic (exact) mass is 335 g/mol. The van der Waals surface area contributed by atoms with Gasteiger partial charge in [0.25, 0.3) is 5.91 Å². The lowest BCUT2D eigenvalue weighted by atomic mass is 10.1. The molecule has 1 N–H and O–H groups in total. The number of carbonyl (C=O) groups is 2. The molecule has 3 rings (SSSR count). The highest BCUT2D eigenvalue weighted by Crippen LogP contribution is 2.29. The fourth-order valence-electron chi connectivity index (χ4n) is 3.43. The minimum atomic E-state index is -0.731. The Balaban J connectivity index is 1.56. The van der Waals surface area contributed by atoms with Gasteiger partial charge >= 0.3 is 5.97 Å². The zero-order valence-electron chi connectivity index (χ0n) is 13.7. The Hall–Kier alpha value is -1.36. The normalized spacial score (nSPS) is 19.7. The van der Waals surface area contributed by atoms with Gasteiger partial charge in [-0.2, -0.15) is 0 Å². The molecule has 0 aliphatic heterocycles. The highest BCUT2D eigenvalue weighted by Gasteiger charge is 2.25. The average Bonchev–Trinajstić information content (AvgIpc) is 3.13. The van der Waals surface area contributed by atoms with E-state index in [2.05, 4.69) is 5.32 Å². The van der Waals surface area contributed by atoms with Crippen LogP contribution in [0.3, 0.4) is 0 Å². The molecule has 0 bridgehead atoms. The summed E-state index contributed by atoms with van der Waals surface area (Å²) in [4.78, 5) is 26.4. The number of thiophene rings is 1. The molecule has 2 aliphatic rings. The molecule has 0 spiro atoms. The van der Waals surface area contributed by atoms with E-state index >= 15 is 0 Å². The van der Waals surface area contributed by atoms with Crippen molar-refractivity contribution in [1.29, 1.82) is 0 Å². The summed E-state index contributed by atoms with van der Waals surface area (Å²) < 4.78 is 5.38. The number of aryl methyl sites for hydroxylation is 2. The zero-order valence-corrected chi connectivity index (χ0v) is 14.5. The number of fused-ring (bicyclic) bond motifs is 1. The van der Waals surface area contributed by atoms with E-state index in [0.29, 0.717) is 4.88 Å². The van der Waals surface area contributed by atoms with Crippen LogP contribution in [0.15, 0.2) is 6.07 Å². The van der Waals surface area contributed by atoms with Crippen LogP contribution < -0.4 is 5.32 Å². The summed E-state index contributed by atoms with van der Waals surface area (Å²) in [7, 11) is 0. The standard InChI is InChI=1S/C18H25NO3S/c1-12(17(20)19-14-8-5-6-9-14)22-18(21)16-11-13-7-3-2-4-10-15(13)23-16/h11-12,14H,2-10H2,1H3,(H,19,20). The summed E-state index contributed by atoms with van der Waals surface area (Å²) >= 11 is 1.54. The van der Waals surface area contributed by atoms with Gasteiger partial charge in [0.2, 0.25) is 0 Å². The molecule has 0 saturated heterocycles. The van der Waals surface area contributed by atoms with Gasteiger partial charge in [-0.15, -0.1) is 11.3 Å². The Kier molecular flexibility index (Phi) is 5.36. The molecule has 1 saturated carbocycles. The Labute approximate surface area is 141 Å². The maximum absolute atomic E-state index is 12.3. The molecular formula is C18H25NO3S. The molecule has 1 atom stereocenters. The predicted molar refractivity (Wildman–Crippen MR) is 90.9 cm³/mol. The van der Waals surface area contributed by atoms with Crippen LogP contribution in [0.4, 0.5) is 0 Å². The summed E-state index contributed by atoms with van der Waals surface area (Å²) in [6.45, 7) is 1.65. The second-order valence-electron chi connectivity index (χ2n) is 6.66. The van der Waals surface area contributed by atoms with E-state index in [1.165, 1.54) is 53.9 Å². The van der Waals surface area contributed by atoms with Crippen LogP contribution in [-0.2, 0) is 22.4 Å². The van der Waals surface area contributed by atoms with Crippen LogP contribution in [0.2, 0.25) is 0 Å². The minimum Gasteiger partial charge on any atom is -0.448 e. The van der Waals surface area contributed by atoms with Crippen molar-refractivity contribution in [3.8, 4) is 0 Å². The van der Waals surface area contributed by atoms with Crippen molar-refractivity contribution in [3.63, 3.8) is 0 Å². The third kappa shape index (κ3) is 4.14. The number of carbonyl (C=O) groups excluding carboxylic acids is 2. The highest BCUT2D eigenvalue weighted by molar-refractivity contribution is 7.14. The third-order valence-electron chi connectivity index (χ3n) is 4.80. The largest absolute Gasteiger partial charge is 0.448 e. The first-order chi connectivity index (χ1) is 11.1. The van der Waals surface area contributed by atoms with Crippen molar-refractivity contribution >= 4 is 23.2 Å². The van der Waals surface area contributed by atoms with Gasteiger partial charge < -0.3 is 10.1 Å². The van der Waals surface area contributed by atoms with E-state index in [0.717, 1.165) is 25.7 Å². The zero-order chi connectivity index (χ0) is 16.2. The highest BCUT2D eigenvalue weighted by atomic mass is 32.1. The van der Waals surface area contributed by atoms with Crippen LogP contribution in [0.5, 0.6) is 0 Å². The lowest BCUT2D eigenvalue weighted by molar-refractivity contribution is -0.129. The molecule has 4 nitrogen and oxygen atoms in total. The number of rotatable bonds is 4. The Morgan fingerprint density at radius 1 is 1.17 bits per heavy atom. The number of ether oxygens (including phenoxy) is 1. The van der Waals surface area contributed by atoms with Crippen LogP contribution in [0.25, 0.3) is 0 Å². The maximum atomic E-state index is 12.3. The Bertz CT molecular complexity index is 551. The molecule has 0 aromatic carbocycles. The summed E-state index contributed by atoms with van der Waals surface area (Å²) in [5.41, 5.74) is 1.29. The number of nitrogens with one attached hydrogen (secondary N) is 1. The lowest BCUT2D eigenvalue weighted by Gasteiger charge is -2.16. The summed E-state index contributed by atoms with van der Waals surface area (Å²) in [6, 6.07) is 2.22. The molecule has 23 heavy (non-hydrogen) atoms. The summed E-state index contributed by atoms with van der Waals surface area (Å²) in [6.07, 6.45) is 9.43. The van der Waals surface area contributed by atoms with Crippen molar-refractivity contribution in [2.24, 2.45) is 0 Å². The van der Waals surface area contributed by atoms with Crippen molar-refractivity contribution in [1.82, 2.24) is 5.32 Å². The molecule has 1 amide bonds. The van der Waals surface area contributed by atoms with Crippen molar-refractivity contribution in [2.75, 3.05) is 0 Å². The maximum Gasteiger partial charge on any atom is 0.349 e. The number of esters is 1. The molecule has 2 aliphatic carbocycles. The smallest absolute Gasteiger partial charge is 0.349 e. The van der Waals surface area contributed by atoms with Gasteiger partial charge in [0, 0.05) is 10.9 Å². The van der Waals surface area contributed by atoms with Crippen molar-refractivity contribution < 1.29 is 14.3 Å². The first-order valence-electron chi connectivity index (χ1n) is 8.76. The van der Waals surface area contributed by atoms with E-state index in [-0.39, 0.29) is 17.9 Å². The first kappa shape index (κ1) is 16.5.